The summed E-state index contributed by atoms with van der Waals surface area (Å²) in [5.74, 6) is 0. The van der Waals surface area contributed by atoms with Gasteiger partial charge in [-0.05, 0) is 32.9 Å². The van der Waals surface area contributed by atoms with Crippen LogP contribution in [0.5, 0.6) is 0 Å². The van der Waals surface area contributed by atoms with E-state index in [1.807, 2.05) is 6.92 Å². The Morgan fingerprint density at radius 1 is 1.26 bits per heavy atom. The van der Waals surface area contributed by atoms with Gasteiger partial charge >= 0.3 is 0 Å². The lowest BCUT2D eigenvalue weighted by atomic mass is 10.0. The summed E-state index contributed by atoms with van der Waals surface area (Å²) in [4.78, 5) is 0.144. The Balaban J connectivity index is 2.18. The molecule has 106 valence electrons. The molecule has 1 aliphatic rings. The molecule has 19 heavy (non-hydrogen) atoms. The molecule has 0 radical (unpaired) electrons. The van der Waals surface area contributed by atoms with E-state index in [9.17, 15) is 8.42 Å². The largest absolute Gasteiger partial charge is 0.353 e. The van der Waals surface area contributed by atoms with E-state index in [0.717, 1.165) is 5.56 Å². The van der Waals surface area contributed by atoms with Crippen LogP contribution in [-0.4, -0.2) is 33.5 Å². The van der Waals surface area contributed by atoms with E-state index in [-0.39, 0.29) is 11.7 Å². The Labute approximate surface area is 113 Å². The number of ether oxygens (including phenoxy) is 2. The van der Waals surface area contributed by atoms with Crippen LogP contribution in [0.3, 0.4) is 0 Å². The van der Waals surface area contributed by atoms with E-state index in [4.69, 9.17) is 13.7 Å². The van der Waals surface area contributed by atoms with E-state index in [0.29, 0.717) is 6.61 Å². The maximum absolute atomic E-state index is 12.2. The van der Waals surface area contributed by atoms with Crippen molar-refractivity contribution in [2.24, 2.45) is 0 Å². The lowest BCUT2D eigenvalue weighted by Crippen LogP contribution is -2.42. The molecular weight excluding hydrogens is 268 g/mol. The second-order valence-corrected chi connectivity index (χ2v) is 6.64. The third kappa shape index (κ3) is 3.33. The van der Waals surface area contributed by atoms with Gasteiger partial charge in [0.05, 0.1) is 11.5 Å². The first-order valence-corrected chi connectivity index (χ1v) is 7.44. The summed E-state index contributed by atoms with van der Waals surface area (Å²) in [6, 6.07) is 6.54. The Hall–Kier alpha value is -0.950. The smallest absolute Gasteiger partial charge is 0.297 e. The summed E-state index contributed by atoms with van der Waals surface area (Å²) in [7, 11) is -3.81. The summed E-state index contributed by atoms with van der Waals surface area (Å²) >= 11 is 0. The number of rotatable bonds is 4. The van der Waals surface area contributed by atoms with Crippen LogP contribution in [0.4, 0.5) is 0 Å². The Morgan fingerprint density at radius 3 is 2.42 bits per heavy atom. The van der Waals surface area contributed by atoms with Crippen LogP contribution in [0.2, 0.25) is 0 Å². The molecule has 2 rings (SSSR count). The minimum absolute atomic E-state index is 0.144. The zero-order valence-electron chi connectivity index (χ0n) is 11.3. The van der Waals surface area contributed by atoms with Gasteiger partial charge in [-0.25, -0.2) is 0 Å². The van der Waals surface area contributed by atoms with Crippen molar-refractivity contribution in [3.63, 3.8) is 0 Å². The highest BCUT2D eigenvalue weighted by atomic mass is 32.2. The van der Waals surface area contributed by atoms with Crippen molar-refractivity contribution in [1.82, 2.24) is 0 Å². The van der Waals surface area contributed by atoms with Crippen LogP contribution in [0.15, 0.2) is 29.2 Å². The molecule has 1 atom stereocenters. The monoisotopic (exact) mass is 286 g/mol. The van der Waals surface area contributed by atoms with Gasteiger partial charge in [0.2, 0.25) is 0 Å². The van der Waals surface area contributed by atoms with Crippen LogP contribution < -0.4 is 0 Å². The van der Waals surface area contributed by atoms with Gasteiger partial charge < -0.3 is 9.47 Å². The van der Waals surface area contributed by atoms with Crippen LogP contribution in [0, 0.1) is 6.92 Å². The Kier molecular flexibility index (Phi) is 3.96. The molecule has 6 heteroatoms. The average Bonchev–Trinajstić information content (AvgIpc) is 2.82. The highest BCUT2D eigenvalue weighted by Gasteiger charge is 2.39. The first-order chi connectivity index (χ1) is 8.81. The molecule has 1 saturated heterocycles. The minimum atomic E-state index is -3.81. The SMILES string of the molecule is Cc1ccc(S(=O)(=O)OC(C)(C)C2COCO2)cc1. The van der Waals surface area contributed by atoms with Gasteiger partial charge in [-0.3, -0.25) is 4.18 Å². The van der Waals surface area contributed by atoms with Gasteiger partial charge in [0.25, 0.3) is 10.1 Å². The normalized spacial score (nSPS) is 20.7. The molecule has 0 N–H and O–H groups in total. The third-order valence-corrected chi connectivity index (χ3v) is 4.53. The standard InChI is InChI=1S/C13H18O5S/c1-10-4-6-11(7-5-10)19(14,15)18-13(2,3)12-8-16-9-17-12/h4-7,12H,8-9H2,1-3H3. The third-order valence-electron chi connectivity index (χ3n) is 3.03. The van der Waals surface area contributed by atoms with E-state index >= 15 is 0 Å². The summed E-state index contributed by atoms with van der Waals surface area (Å²) < 4.78 is 40.1. The summed E-state index contributed by atoms with van der Waals surface area (Å²) in [6.07, 6.45) is -0.396. The van der Waals surface area contributed by atoms with Crippen LogP contribution in [0.1, 0.15) is 19.4 Å². The highest BCUT2D eigenvalue weighted by molar-refractivity contribution is 7.86. The van der Waals surface area contributed by atoms with Gasteiger partial charge in [-0.2, -0.15) is 8.42 Å². The second kappa shape index (κ2) is 5.20. The number of hydrogen-bond donors (Lipinski definition) is 0. The van der Waals surface area contributed by atoms with Gasteiger partial charge in [0.1, 0.15) is 18.5 Å². The summed E-state index contributed by atoms with van der Waals surface area (Å²) in [5.41, 5.74) is 0.0194. The van der Waals surface area contributed by atoms with Crippen molar-refractivity contribution < 1.29 is 22.1 Å². The van der Waals surface area contributed by atoms with Crippen LogP contribution in [0.25, 0.3) is 0 Å². The fourth-order valence-corrected chi connectivity index (χ4v) is 3.06. The van der Waals surface area contributed by atoms with Crippen LogP contribution in [-0.2, 0) is 23.8 Å². The van der Waals surface area contributed by atoms with Crippen molar-refractivity contribution in [1.29, 1.82) is 0 Å². The lowest BCUT2D eigenvalue weighted by Gasteiger charge is -2.28. The predicted octanol–water partition coefficient (Wildman–Crippen LogP) is 1.85. The molecule has 1 unspecified atom stereocenters. The molecule has 0 aliphatic carbocycles. The van der Waals surface area contributed by atoms with Gasteiger partial charge in [0, 0.05) is 0 Å². The predicted molar refractivity (Wildman–Crippen MR) is 69.2 cm³/mol. The number of benzene rings is 1. The molecular formula is C13H18O5S. The maximum Gasteiger partial charge on any atom is 0.297 e. The van der Waals surface area contributed by atoms with Crippen molar-refractivity contribution in [3.05, 3.63) is 29.8 Å². The van der Waals surface area contributed by atoms with Crippen molar-refractivity contribution in [3.8, 4) is 0 Å². The molecule has 1 fully saturated rings. The zero-order valence-corrected chi connectivity index (χ0v) is 12.1. The Bertz CT molecular complexity index is 527. The van der Waals surface area contributed by atoms with Gasteiger partial charge in [0.15, 0.2) is 0 Å². The Morgan fingerprint density at radius 2 is 1.89 bits per heavy atom. The highest BCUT2D eigenvalue weighted by Crippen LogP contribution is 2.27. The van der Waals surface area contributed by atoms with Crippen molar-refractivity contribution >= 4 is 10.1 Å². The van der Waals surface area contributed by atoms with Crippen molar-refractivity contribution in [2.75, 3.05) is 13.4 Å². The van der Waals surface area contributed by atoms with E-state index in [1.165, 1.54) is 12.1 Å². The number of aryl methyl sites for hydroxylation is 1. The first kappa shape index (κ1) is 14.5. The fraction of sp³-hybridized carbons (Fsp3) is 0.538. The van der Waals surface area contributed by atoms with Gasteiger partial charge in [-0.15, -0.1) is 0 Å². The molecule has 0 spiro atoms. The van der Waals surface area contributed by atoms with Crippen molar-refractivity contribution in [2.45, 2.75) is 37.4 Å². The zero-order chi connectivity index (χ0) is 14.1. The quantitative estimate of drug-likeness (QED) is 0.790. The first-order valence-electron chi connectivity index (χ1n) is 6.03. The molecule has 1 heterocycles. The van der Waals surface area contributed by atoms with E-state index in [2.05, 4.69) is 0 Å². The van der Waals surface area contributed by atoms with Crippen LogP contribution >= 0.6 is 0 Å². The number of hydrogen-bond acceptors (Lipinski definition) is 5. The molecule has 1 aliphatic heterocycles. The molecule has 1 aromatic carbocycles. The summed E-state index contributed by atoms with van der Waals surface area (Å²) in [5, 5.41) is 0. The lowest BCUT2D eigenvalue weighted by molar-refractivity contribution is -0.0408. The van der Waals surface area contributed by atoms with E-state index < -0.39 is 21.8 Å². The molecule has 5 nitrogen and oxygen atoms in total. The molecule has 0 amide bonds. The minimum Gasteiger partial charge on any atom is -0.353 e. The molecule has 0 bridgehead atoms. The summed E-state index contributed by atoms with van der Waals surface area (Å²) in [6.45, 7) is 5.75. The molecule has 0 aromatic heterocycles. The molecule has 0 saturated carbocycles. The topological polar surface area (TPSA) is 61.8 Å². The van der Waals surface area contributed by atoms with Gasteiger partial charge in [-0.1, -0.05) is 17.7 Å². The maximum atomic E-state index is 12.2. The molecule has 1 aromatic rings. The fourth-order valence-electron chi connectivity index (χ4n) is 1.82. The average molecular weight is 286 g/mol. The van der Waals surface area contributed by atoms with E-state index in [1.54, 1.807) is 26.0 Å². The second-order valence-electron chi connectivity index (χ2n) is 5.10.